The van der Waals surface area contributed by atoms with E-state index in [1.807, 2.05) is 17.2 Å². The van der Waals surface area contributed by atoms with Gasteiger partial charge in [0.25, 0.3) is 0 Å². The van der Waals surface area contributed by atoms with E-state index in [1.54, 1.807) is 6.20 Å². The zero-order valence-electron chi connectivity index (χ0n) is 14.7. The smallest absolute Gasteiger partial charge is 0.227 e. The summed E-state index contributed by atoms with van der Waals surface area (Å²) in [5.41, 5.74) is 4.92. The molecule has 0 N–H and O–H groups in total. The number of carbonyl (C=O) groups excluding carboxylic acids is 1. The average Bonchev–Trinajstić information content (AvgIpc) is 3.32. The maximum Gasteiger partial charge on any atom is 0.227 e. The van der Waals surface area contributed by atoms with Gasteiger partial charge in [0.1, 0.15) is 0 Å². The topological polar surface area (TPSA) is 36.4 Å². The minimum Gasteiger partial charge on any atom is -0.371 e. The van der Waals surface area contributed by atoms with Crippen molar-refractivity contribution in [3.63, 3.8) is 0 Å². The Kier molecular flexibility index (Phi) is 4.68. The van der Waals surface area contributed by atoms with Gasteiger partial charge in [-0.25, -0.2) is 0 Å². The minimum absolute atomic E-state index is 0.251. The molecular formula is C21H25N3O. The third-order valence-electron chi connectivity index (χ3n) is 5.32. The van der Waals surface area contributed by atoms with Gasteiger partial charge in [-0.15, -0.1) is 0 Å². The molecule has 25 heavy (non-hydrogen) atoms. The predicted molar refractivity (Wildman–Crippen MR) is 101 cm³/mol. The van der Waals surface area contributed by atoms with Crippen molar-refractivity contribution >= 4 is 17.3 Å². The molecule has 4 rings (SSSR count). The highest BCUT2D eigenvalue weighted by Gasteiger charge is 2.25. The van der Waals surface area contributed by atoms with E-state index in [1.165, 1.54) is 29.7 Å². The Morgan fingerprint density at radius 2 is 2.00 bits per heavy atom. The van der Waals surface area contributed by atoms with Crippen LogP contribution in [0, 0.1) is 0 Å². The lowest BCUT2D eigenvalue weighted by molar-refractivity contribution is -0.118. The number of nitrogens with zero attached hydrogens (tertiary/aromatic N) is 3. The van der Waals surface area contributed by atoms with Crippen molar-refractivity contribution in [3.05, 3.63) is 53.9 Å². The van der Waals surface area contributed by atoms with Crippen molar-refractivity contribution in [2.24, 2.45) is 0 Å². The van der Waals surface area contributed by atoms with Crippen molar-refractivity contribution < 1.29 is 4.79 Å². The second kappa shape index (κ2) is 7.26. The summed E-state index contributed by atoms with van der Waals surface area (Å²) in [5, 5.41) is 0. The van der Waals surface area contributed by atoms with Crippen molar-refractivity contribution in [2.75, 3.05) is 29.4 Å². The first kappa shape index (κ1) is 16.1. The number of benzene rings is 1. The number of anilines is 2. The van der Waals surface area contributed by atoms with Crippen molar-refractivity contribution in [1.82, 2.24) is 4.98 Å². The molecule has 0 radical (unpaired) electrons. The lowest BCUT2D eigenvalue weighted by Gasteiger charge is -2.22. The predicted octanol–water partition coefficient (Wildman–Crippen LogP) is 3.59. The van der Waals surface area contributed by atoms with Gasteiger partial charge < -0.3 is 9.80 Å². The molecule has 1 aromatic carbocycles. The molecule has 0 unspecified atom stereocenters. The molecular weight excluding hydrogens is 310 g/mol. The maximum atomic E-state index is 12.7. The fraction of sp³-hybridized carbons (Fsp3) is 0.429. The molecule has 1 aromatic heterocycles. The first-order valence-corrected chi connectivity index (χ1v) is 9.38. The van der Waals surface area contributed by atoms with Crippen LogP contribution < -0.4 is 9.80 Å². The van der Waals surface area contributed by atoms with E-state index in [2.05, 4.69) is 34.1 Å². The largest absolute Gasteiger partial charge is 0.371 e. The Hall–Kier alpha value is -2.36. The number of pyridine rings is 1. The van der Waals surface area contributed by atoms with Gasteiger partial charge in [0, 0.05) is 49.8 Å². The molecule has 3 heterocycles. The Morgan fingerprint density at radius 3 is 2.80 bits per heavy atom. The maximum absolute atomic E-state index is 12.7. The van der Waals surface area contributed by atoms with Gasteiger partial charge in [-0.05, 0) is 61.4 Å². The van der Waals surface area contributed by atoms with Crippen LogP contribution in [0.25, 0.3) is 0 Å². The van der Waals surface area contributed by atoms with E-state index in [0.29, 0.717) is 6.42 Å². The molecule has 0 aliphatic carbocycles. The van der Waals surface area contributed by atoms with Gasteiger partial charge in [-0.3, -0.25) is 9.78 Å². The molecule has 130 valence electrons. The van der Waals surface area contributed by atoms with Crippen LogP contribution in [-0.4, -0.2) is 30.5 Å². The normalized spacial score (nSPS) is 16.3. The van der Waals surface area contributed by atoms with Crippen LogP contribution in [0.2, 0.25) is 0 Å². The SMILES string of the molecule is O=C(CCCc1cccnc1)N1CCc2ccc(N3CCCC3)cc21. The zero-order valence-corrected chi connectivity index (χ0v) is 14.7. The highest BCUT2D eigenvalue weighted by molar-refractivity contribution is 5.96. The van der Waals surface area contributed by atoms with E-state index < -0.39 is 0 Å². The van der Waals surface area contributed by atoms with E-state index in [0.717, 1.165) is 44.6 Å². The monoisotopic (exact) mass is 335 g/mol. The van der Waals surface area contributed by atoms with Gasteiger partial charge >= 0.3 is 0 Å². The van der Waals surface area contributed by atoms with Crippen LogP contribution in [0.3, 0.4) is 0 Å². The second-order valence-corrected chi connectivity index (χ2v) is 7.02. The molecule has 2 aromatic rings. The van der Waals surface area contributed by atoms with Gasteiger partial charge in [0.15, 0.2) is 0 Å². The number of carbonyl (C=O) groups is 1. The minimum atomic E-state index is 0.251. The molecule has 2 aliphatic rings. The molecule has 1 saturated heterocycles. The zero-order chi connectivity index (χ0) is 17.1. The van der Waals surface area contributed by atoms with Crippen molar-refractivity contribution in [2.45, 2.75) is 38.5 Å². The van der Waals surface area contributed by atoms with Crippen molar-refractivity contribution in [1.29, 1.82) is 0 Å². The van der Waals surface area contributed by atoms with Crippen molar-refractivity contribution in [3.8, 4) is 0 Å². The fourth-order valence-corrected chi connectivity index (χ4v) is 3.92. The number of hydrogen-bond donors (Lipinski definition) is 0. The van der Waals surface area contributed by atoms with Gasteiger partial charge in [0.2, 0.25) is 5.91 Å². The van der Waals surface area contributed by atoms with Crippen LogP contribution >= 0.6 is 0 Å². The Morgan fingerprint density at radius 1 is 1.12 bits per heavy atom. The number of rotatable bonds is 5. The van der Waals surface area contributed by atoms with Gasteiger partial charge in [-0.1, -0.05) is 12.1 Å². The first-order chi connectivity index (χ1) is 12.3. The van der Waals surface area contributed by atoms with Crippen LogP contribution in [0.1, 0.15) is 36.8 Å². The molecule has 0 spiro atoms. The number of aromatic nitrogens is 1. The molecule has 1 amide bonds. The summed E-state index contributed by atoms with van der Waals surface area (Å²) < 4.78 is 0. The number of hydrogen-bond acceptors (Lipinski definition) is 3. The first-order valence-electron chi connectivity index (χ1n) is 9.38. The fourth-order valence-electron chi connectivity index (χ4n) is 3.92. The highest BCUT2D eigenvalue weighted by atomic mass is 16.2. The molecule has 2 aliphatic heterocycles. The molecule has 4 heteroatoms. The summed E-state index contributed by atoms with van der Waals surface area (Å²) in [4.78, 5) is 21.3. The molecule has 4 nitrogen and oxygen atoms in total. The van der Waals surface area contributed by atoms with E-state index in [-0.39, 0.29) is 5.91 Å². The standard InChI is InChI=1S/C21H25N3O/c25-21(7-3-5-17-6-4-11-22-16-17)24-14-10-18-8-9-19(15-20(18)24)23-12-1-2-13-23/h4,6,8-9,11,15-16H,1-3,5,7,10,12-14H2. The third-order valence-corrected chi connectivity index (χ3v) is 5.32. The second-order valence-electron chi connectivity index (χ2n) is 7.02. The summed E-state index contributed by atoms with van der Waals surface area (Å²) in [6.45, 7) is 3.10. The summed E-state index contributed by atoms with van der Waals surface area (Å²) in [6.07, 6.45) is 9.58. The Balaban J connectivity index is 1.40. The van der Waals surface area contributed by atoms with Crippen LogP contribution in [-0.2, 0) is 17.6 Å². The molecule has 0 saturated carbocycles. The summed E-state index contributed by atoms with van der Waals surface area (Å²) in [5.74, 6) is 0.251. The van der Waals surface area contributed by atoms with Gasteiger partial charge in [-0.2, -0.15) is 0 Å². The van der Waals surface area contributed by atoms with Crippen LogP contribution in [0.5, 0.6) is 0 Å². The number of amides is 1. The van der Waals surface area contributed by atoms with Crippen LogP contribution in [0.4, 0.5) is 11.4 Å². The lowest BCUT2D eigenvalue weighted by Crippen LogP contribution is -2.29. The van der Waals surface area contributed by atoms with E-state index in [4.69, 9.17) is 0 Å². The third kappa shape index (κ3) is 3.53. The van der Waals surface area contributed by atoms with E-state index >= 15 is 0 Å². The van der Waals surface area contributed by atoms with E-state index in [9.17, 15) is 4.79 Å². The quantitative estimate of drug-likeness (QED) is 0.838. The molecule has 0 bridgehead atoms. The number of aryl methyl sites for hydroxylation is 1. The Labute approximate surface area is 149 Å². The highest BCUT2D eigenvalue weighted by Crippen LogP contribution is 2.33. The molecule has 0 atom stereocenters. The van der Waals surface area contributed by atoms with Crippen LogP contribution in [0.15, 0.2) is 42.7 Å². The number of fused-ring (bicyclic) bond motifs is 1. The summed E-state index contributed by atoms with van der Waals surface area (Å²) in [7, 11) is 0. The lowest BCUT2D eigenvalue weighted by atomic mass is 10.1. The average molecular weight is 335 g/mol. The molecule has 1 fully saturated rings. The summed E-state index contributed by atoms with van der Waals surface area (Å²) >= 11 is 0. The summed E-state index contributed by atoms with van der Waals surface area (Å²) in [6, 6.07) is 10.7. The Bertz CT molecular complexity index is 738. The van der Waals surface area contributed by atoms with Gasteiger partial charge in [0.05, 0.1) is 0 Å².